The van der Waals surface area contributed by atoms with Crippen LogP contribution in [0.4, 0.5) is 0 Å². The third kappa shape index (κ3) is 2.64. The lowest BCUT2D eigenvalue weighted by Crippen LogP contribution is -2.33. The van der Waals surface area contributed by atoms with Gasteiger partial charge in [0.25, 0.3) is 0 Å². The van der Waals surface area contributed by atoms with Gasteiger partial charge in [0.05, 0.1) is 12.2 Å². The van der Waals surface area contributed by atoms with E-state index in [0.29, 0.717) is 5.92 Å². The molecule has 0 unspecified atom stereocenters. The van der Waals surface area contributed by atoms with Crippen LogP contribution in [0.25, 0.3) is 5.65 Å². The molecule has 0 amide bonds. The predicted octanol–water partition coefficient (Wildman–Crippen LogP) is 2.87. The average Bonchev–Trinajstić information content (AvgIpc) is 3.16. The second-order valence-electron chi connectivity index (χ2n) is 5.90. The summed E-state index contributed by atoms with van der Waals surface area (Å²) >= 11 is 1.74. The summed E-state index contributed by atoms with van der Waals surface area (Å²) in [6, 6.07) is 4.17. The summed E-state index contributed by atoms with van der Waals surface area (Å²) in [7, 11) is 0. The van der Waals surface area contributed by atoms with Crippen molar-refractivity contribution in [2.75, 3.05) is 13.1 Å². The topological polar surface area (TPSA) is 46.3 Å². The molecule has 0 radical (unpaired) electrons. The number of aromatic nitrogens is 4. The normalized spacial score (nSPS) is 17.3. The van der Waals surface area contributed by atoms with E-state index in [1.165, 1.54) is 23.5 Å². The zero-order chi connectivity index (χ0) is 14.9. The Morgan fingerprint density at radius 2 is 2.09 bits per heavy atom. The smallest absolute Gasteiger partial charge is 0.155 e. The van der Waals surface area contributed by atoms with Gasteiger partial charge < -0.3 is 0 Å². The Balaban J connectivity index is 1.48. The number of piperidine rings is 1. The lowest BCUT2D eigenvalue weighted by molar-refractivity contribution is 0.202. The minimum absolute atomic E-state index is 0.567. The lowest BCUT2D eigenvalue weighted by atomic mass is 9.93. The van der Waals surface area contributed by atoms with Gasteiger partial charge in [-0.25, -0.2) is 14.5 Å². The van der Waals surface area contributed by atoms with Gasteiger partial charge in [0, 0.05) is 35.5 Å². The number of likely N-dealkylation sites (tertiary alicyclic amines) is 1. The highest BCUT2D eigenvalue weighted by atomic mass is 32.1. The fourth-order valence-electron chi connectivity index (χ4n) is 3.25. The first-order valence-electron chi connectivity index (χ1n) is 7.71. The predicted molar refractivity (Wildman–Crippen MR) is 87.1 cm³/mol. The molecule has 0 saturated carbocycles. The monoisotopic (exact) mass is 313 g/mol. The van der Waals surface area contributed by atoms with Crippen molar-refractivity contribution in [2.24, 2.45) is 0 Å². The minimum atomic E-state index is 0.567. The molecule has 0 N–H and O–H groups in total. The molecule has 0 aromatic carbocycles. The van der Waals surface area contributed by atoms with Gasteiger partial charge in [0.1, 0.15) is 5.01 Å². The molecule has 3 aromatic rings. The molecule has 1 aliphatic heterocycles. The van der Waals surface area contributed by atoms with Gasteiger partial charge in [-0.2, -0.15) is 5.10 Å². The van der Waals surface area contributed by atoms with Crippen LogP contribution in [0, 0.1) is 6.92 Å². The van der Waals surface area contributed by atoms with Crippen molar-refractivity contribution in [1.82, 2.24) is 24.5 Å². The molecule has 22 heavy (non-hydrogen) atoms. The Hall–Kier alpha value is -1.79. The molecule has 3 aromatic heterocycles. The summed E-state index contributed by atoms with van der Waals surface area (Å²) < 4.78 is 2.02. The quantitative estimate of drug-likeness (QED) is 0.746. The zero-order valence-corrected chi connectivity index (χ0v) is 13.5. The second kappa shape index (κ2) is 5.78. The van der Waals surface area contributed by atoms with E-state index in [9.17, 15) is 0 Å². The molecule has 1 fully saturated rings. The van der Waals surface area contributed by atoms with Crippen LogP contribution in [0.5, 0.6) is 0 Å². The van der Waals surface area contributed by atoms with Gasteiger partial charge in [-0.1, -0.05) is 0 Å². The fourth-order valence-corrected chi connectivity index (χ4v) is 3.90. The van der Waals surface area contributed by atoms with Gasteiger partial charge in [-0.05, 0) is 38.9 Å². The summed E-state index contributed by atoms with van der Waals surface area (Å²) in [5.41, 5.74) is 3.29. The van der Waals surface area contributed by atoms with Gasteiger partial charge >= 0.3 is 0 Å². The number of hydrogen-bond acceptors (Lipinski definition) is 5. The lowest BCUT2D eigenvalue weighted by Gasteiger charge is -2.31. The van der Waals surface area contributed by atoms with Crippen LogP contribution >= 0.6 is 11.3 Å². The molecule has 5 nitrogen and oxygen atoms in total. The van der Waals surface area contributed by atoms with Crippen LogP contribution in [0.2, 0.25) is 0 Å². The third-order valence-corrected chi connectivity index (χ3v) is 5.12. The van der Waals surface area contributed by atoms with Crippen LogP contribution in [-0.4, -0.2) is 37.6 Å². The first-order chi connectivity index (χ1) is 10.8. The van der Waals surface area contributed by atoms with Crippen molar-refractivity contribution in [1.29, 1.82) is 0 Å². The summed E-state index contributed by atoms with van der Waals surface area (Å²) in [4.78, 5) is 11.3. The second-order valence-corrected chi connectivity index (χ2v) is 6.88. The van der Waals surface area contributed by atoms with Crippen molar-refractivity contribution in [3.05, 3.63) is 46.3 Å². The molecule has 4 rings (SSSR count). The molecule has 0 bridgehead atoms. The van der Waals surface area contributed by atoms with Crippen LogP contribution in [0.15, 0.2) is 29.9 Å². The van der Waals surface area contributed by atoms with E-state index in [1.54, 1.807) is 11.3 Å². The standard InChI is InChI=1S/C16H19N5S/c1-12-10-15-17-5-2-14(21(15)19-12)13-3-7-20(8-4-13)11-16-18-6-9-22-16/h2,5-6,9-10,13H,3-4,7-8,11H2,1H3. The van der Waals surface area contributed by atoms with Crippen molar-refractivity contribution in [3.8, 4) is 0 Å². The Labute approximate surface area is 133 Å². The maximum atomic E-state index is 4.60. The molecule has 1 aliphatic rings. The molecule has 0 spiro atoms. The largest absolute Gasteiger partial charge is 0.297 e. The molecular formula is C16H19N5S. The number of hydrogen-bond donors (Lipinski definition) is 0. The third-order valence-electron chi connectivity index (χ3n) is 4.36. The average molecular weight is 313 g/mol. The Morgan fingerprint density at radius 1 is 1.23 bits per heavy atom. The minimum Gasteiger partial charge on any atom is -0.297 e. The SMILES string of the molecule is Cc1cc2nccc(C3CCN(Cc4nccs4)CC3)n2n1. The van der Waals surface area contributed by atoms with Crippen molar-refractivity contribution < 1.29 is 0 Å². The Morgan fingerprint density at radius 3 is 2.86 bits per heavy atom. The van der Waals surface area contributed by atoms with E-state index in [4.69, 9.17) is 0 Å². The molecule has 1 saturated heterocycles. The molecule has 6 heteroatoms. The molecular weight excluding hydrogens is 294 g/mol. The number of aryl methyl sites for hydroxylation is 1. The van der Waals surface area contributed by atoms with E-state index >= 15 is 0 Å². The number of rotatable bonds is 3. The van der Waals surface area contributed by atoms with E-state index in [-0.39, 0.29) is 0 Å². The molecule has 4 heterocycles. The summed E-state index contributed by atoms with van der Waals surface area (Å²) in [6.07, 6.45) is 6.14. The van der Waals surface area contributed by atoms with Crippen molar-refractivity contribution >= 4 is 17.0 Å². The summed E-state index contributed by atoms with van der Waals surface area (Å²) in [5, 5.41) is 7.87. The molecule has 114 valence electrons. The van der Waals surface area contributed by atoms with E-state index in [2.05, 4.69) is 31.4 Å². The van der Waals surface area contributed by atoms with Crippen LogP contribution in [-0.2, 0) is 6.54 Å². The van der Waals surface area contributed by atoms with Gasteiger partial charge in [-0.15, -0.1) is 11.3 Å². The number of thiazole rings is 1. The highest BCUT2D eigenvalue weighted by molar-refractivity contribution is 7.09. The molecule has 0 aliphatic carbocycles. The summed E-state index contributed by atoms with van der Waals surface area (Å²) in [6.45, 7) is 5.24. The highest BCUT2D eigenvalue weighted by Crippen LogP contribution is 2.28. The van der Waals surface area contributed by atoms with Gasteiger partial charge in [0.15, 0.2) is 5.65 Å². The van der Waals surface area contributed by atoms with Crippen LogP contribution in [0.1, 0.15) is 35.2 Å². The van der Waals surface area contributed by atoms with Crippen LogP contribution < -0.4 is 0 Å². The summed E-state index contributed by atoms with van der Waals surface area (Å²) in [5.74, 6) is 0.567. The van der Waals surface area contributed by atoms with E-state index in [0.717, 1.165) is 31.0 Å². The highest BCUT2D eigenvalue weighted by Gasteiger charge is 2.23. The van der Waals surface area contributed by atoms with E-state index < -0.39 is 0 Å². The first-order valence-corrected chi connectivity index (χ1v) is 8.59. The first kappa shape index (κ1) is 13.8. The van der Waals surface area contributed by atoms with Crippen LogP contribution in [0.3, 0.4) is 0 Å². The van der Waals surface area contributed by atoms with Crippen molar-refractivity contribution in [3.63, 3.8) is 0 Å². The van der Waals surface area contributed by atoms with E-state index in [1.807, 2.05) is 29.9 Å². The maximum absolute atomic E-state index is 4.60. The zero-order valence-electron chi connectivity index (χ0n) is 12.6. The Bertz CT molecular complexity index is 756. The molecule has 0 atom stereocenters. The maximum Gasteiger partial charge on any atom is 0.155 e. The van der Waals surface area contributed by atoms with Gasteiger partial charge in [0.2, 0.25) is 0 Å². The Kier molecular flexibility index (Phi) is 3.63. The number of nitrogens with zero attached hydrogens (tertiary/aromatic N) is 5. The van der Waals surface area contributed by atoms with Gasteiger partial charge in [-0.3, -0.25) is 4.90 Å². The van der Waals surface area contributed by atoms with Crippen molar-refractivity contribution in [2.45, 2.75) is 32.2 Å². The fraction of sp³-hybridized carbons (Fsp3) is 0.438. The number of fused-ring (bicyclic) bond motifs is 1.